The van der Waals surface area contributed by atoms with Crippen LogP contribution < -0.4 is 5.32 Å². The second-order valence-electron chi connectivity index (χ2n) is 3.98. The number of hydrogen-bond acceptors (Lipinski definition) is 3. The lowest BCUT2D eigenvalue weighted by atomic mass is 10.1. The van der Waals surface area contributed by atoms with Gasteiger partial charge in [-0.2, -0.15) is 0 Å². The normalized spacial score (nSPS) is 10.2. The van der Waals surface area contributed by atoms with Crippen molar-refractivity contribution in [2.75, 3.05) is 5.32 Å². The van der Waals surface area contributed by atoms with Crippen LogP contribution in [0.5, 0.6) is 0 Å². The quantitative estimate of drug-likeness (QED) is 0.872. The molecule has 0 aliphatic carbocycles. The van der Waals surface area contributed by atoms with E-state index in [2.05, 4.69) is 28.3 Å². The first kappa shape index (κ1) is 11.6. The highest BCUT2D eigenvalue weighted by molar-refractivity contribution is 5.36. The van der Waals surface area contributed by atoms with E-state index in [4.69, 9.17) is 0 Å². The maximum absolute atomic E-state index is 4.40. The van der Waals surface area contributed by atoms with Gasteiger partial charge in [0.1, 0.15) is 5.82 Å². The molecule has 2 aromatic heterocycles. The Morgan fingerprint density at radius 2 is 2.06 bits per heavy atom. The van der Waals surface area contributed by atoms with E-state index in [0.29, 0.717) is 0 Å². The molecule has 0 atom stereocenters. The lowest BCUT2D eigenvalue weighted by Crippen LogP contribution is -2.06. The molecule has 88 valence electrons. The number of hydrogen-bond donors (Lipinski definition) is 1. The van der Waals surface area contributed by atoms with Gasteiger partial charge < -0.3 is 5.32 Å². The predicted octanol–water partition coefficient (Wildman–Crippen LogP) is 2.96. The number of aryl methyl sites for hydroxylation is 2. The van der Waals surface area contributed by atoms with Gasteiger partial charge in [-0.25, -0.2) is 4.98 Å². The summed E-state index contributed by atoms with van der Waals surface area (Å²) >= 11 is 0. The van der Waals surface area contributed by atoms with Gasteiger partial charge in [-0.1, -0.05) is 19.1 Å². The molecule has 0 amide bonds. The minimum Gasteiger partial charge on any atom is -0.364 e. The third kappa shape index (κ3) is 3.03. The van der Waals surface area contributed by atoms with Gasteiger partial charge >= 0.3 is 0 Å². The fraction of sp³-hybridized carbons (Fsp3) is 0.286. The first-order chi connectivity index (χ1) is 8.29. The number of rotatable bonds is 4. The molecule has 0 aliphatic rings. The molecule has 0 aromatic carbocycles. The van der Waals surface area contributed by atoms with E-state index in [0.717, 1.165) is 30.2 Å². The predicted molar refractivity (Wildman–Crippen MR) is 69.9 cm³/mol. The van der Waals surface area contributed by atoms with E-state index < -0.39 is 0 Å². The number of nitrogens with zero attached hydrogens (tertiary/aromatic N) is 2. The minimum absolute atomic E-state index is 0.723. The van der Waals surface area contributed by atoms with Crippen LogP contribution >= 0.6 is 0 Å². The van der Waals surface area contributed by atoms with Gasteiger partial charge in [0.25, 0.3) is 0 Å². The zero-order chi connectivity index (χ0) is 12.1. The molecule has 3 heteroatoms. The monoisotopic (exact) mass is 227 g/mol. The standard InChI is InChI=1S/C14H17N3/c1-3-12-7-5-9-15-13(12)10-16-14-8-4-6-11(2)17-14/h4-9H,3,10H2,1-2H3,(H,16,17). The Morgan fingerprint density at radius 3 is 2.82 bits per heavy atom. The van der Waals surface area contributed by atoms with Crippen molar-refractivity contribution in [2.45, 2.75) is 26.8 Å². The maximum Gasteiger partial charge on any atom is 0.126 e. The van der Waals surface area contributed by atoms with Gasteiger partial charge in [-0.05, 0) is 37.1 Å². The highest BCUT2D eigenvalue weighted by Crippen LogP contribution is 2.09. The van der Waals surface area contributed by atoms with Crippen LogP contribution in [0.2, 0.25) is 0 Å². The van der Waals surface area contributed by atoms with Crippen molar-refractivity contribution >= 4 is 5.82 Å². The second kappa shape index (κ2) is 5.43. The van der Waals surface area contributed by atoms with Crippen molar-refractivity contribution in [3.8, 4) is 0 Å². The molecular formula is C14H17N3. The van der Waals surface area contributed by atoms with E-state index >= 15 is 0 Å². The van der Waals surface area contributed by atoms with E-state index in [9.17, 15) is 0 Å². The summed E-state index contributed by atoms with van der Waals surface area (Å²) in [5.41, 5.74) is 3.40. The summed E-state index contributed by atoms with van der Waals surface area (Å²) in [6.07, 6.45) is 2.84. The Balaban J connectivity index is 2.07. The molecule has 0 unspecified atom stereocenters. The molecule has 0 saturated heterocycles. The van der Waals surface area contributed by atoms with Gasteiger partial charge in [0.15, 0.2) is 0 Å². The molecule has 0 radical (unpaired) electrons. The van der Waals surface area contributed by atoms with E-state index in [1.165, 1.54) is 5.56 Å². The second-order valence-corrected chi connectivity index (χ2v) is 3.98. The zero-order valence-electron chi connectivity index (χ0n) is 10.3. The maximum atomic E-state index is 4.40. The van der Waals surface area contributed by atoms with Crippen molar-refractivity contribution < 1.29 is 0 Å². The molecule has 1 N–H and O–H groups in total. The van der Waals surface area contributed by atoms with Gasteiger partial charge in [0.05, 0.1) is 12.2 Å². The van der Waals surface area contributed by atoms with Crippen LogP contribution in [0.4, 0.5) is 5.82 Å². The van der Waals surface area contributed by atoms with Crippen molar-refractivity contribution in [1.29, 1.82) is 0 Å². The van der Waals surface area contributed by atoms with Crippen LogP contribution in [0.3, 0.4) is 0 Å². The lowest BCUT2D eigenvalue weighted by Gasteiger charge is -2.08. The molecule has 2 heterocycles. The fourth-order valence-electron chi connectivity index (χ4n) is 1.77. The van der Waals surface area contributed by atoms with Crippen molar-refractivity contribution in [2.24, 2.45) is 0 Å². The average Bonchev–Trinajstić information content (AvgIpc) is 2.37. The number of anilines is 1. The van der Waals surface area contributed by atoms with Crippen molar-refractivity contribution in [3.05, 3.63) is 53.5 Å². The molecule has 2 aromatic rings. The topological polar surface area (TPSA) is 37.8 Å². The summed E-state index contributed by atoms with van der Waals surface area (Å²) in [6, 6.07) is 10.1. The van der Waals surface area contributed by atoms with Crippen molar-refractivity contribution in [1.82, 2.24) is 9.97 Å². The number of nitrogens with one attached hydrogen (secondary N) is 1. The molecule has 0 saturated carbocycles. The highest BCUT2D eigenvalue weighted by Gasteiger charge is 2.01. The average molecular weight is 227 g/mol. The van der Waals surface area contributed by atoms with Crippen LogP contribution in [-0.2, 0) is 13.0 Å². The zero-order valence-corrected chi connectivity index (χ0v) is 10.3. The van der Waals surface area contributed by atoms with Gasteiger partial charge in [-0.3, -0.25) is 4.98 Å². The Bertz CT molecular complexity index is 494. The number of pyridine rings is 2. The molecule has 0 fully saturated rings. The number of aromatic nitrogens is 2. The Hall–Kier alpha value is -1.90. The first-order valence-electron chi connectivity index (χ1n) is 5.90. The van der Waals surface area contributed by atoms with Crippen LogP contribution in [0.1, 0.15) is 23.9 Å². The van der Waals surface area contributed by atoms with E-state index in [1.54, 1.807) is 0 Å². The Kier molecular flexibility index (Phi) is 3.70. The molecule has 2 rings (SSSR count). The van der Waals surface area contributed by atoms with Crippen LogP contribution in [0.15, 0.2) is 36.5 Å². The highest BCUT2D eigenvalue weighted by atomic mass is 15.0. The van der Waals surface area contributed by atoms with Crippen LogP contribution in [0, 0.1) is 6.92 Å². The van der Waals surface area contributed by atoms with Gasteiger partial charge in [-0.15, -0.1) is 0 Å². The largest absolute Gasteiger partial charge is 0.364 e. The molecule has 17 heavy (non-hydrogen) atoms. The van der Waals surface area contributed by atoms with E-state index in [-0.39, 0.29) is 0 Å². The molecule has 0 spiro atoms. The van der Waals surface area contributed by atoms with E-state index in [1.807, 2.05) is 37.4 Å². The van der Waals surface area contributed by atoms with Crippen LogP contribution in [0.25, 0.3) is 0 Å². The first-order valence-corrected chi connectivity index (χ1v) is 5.90. The lowest BCUT2D eigenvalue weighted by molar-refractivity contribution is 0.962. The summed E-state index contributed by atoms with van der Waals surface area (Å²) in [4.78, 5) is 8.80. The van der Waals surface area contributed by atoms with Crippen molar-refractivity contribution in [3.63, 3.8) is 0 Å². The summed E-state index contributed by atoms with van der Waals surface area (Å²) < 4.78 is 0. The fourth-order valence-corrected chi connectivity index (χ4v) is 1.77. The molecular weight excluding hydrogens is 210 g/mol. The van der Waals surface area contributed by atoms with Gasteiger partial charge in [0, 0.05) is 11.9 Å². The third-order valence-corrected chi connectivity index (χ3v) is 2.69. The smallest absolute Gasteiger partial charge is 0.126 e. The summed E-state index contributed by atoms with van der Waals surface area (Å²) in [7, 11) is 0. The summed E-state index contributed by atoms with van der Waals surface area (Å²) in [5, 5.41) is 3.30. The SMILES string of the molecule is CCc1cccnc1CNc1cccc(C)n1. The van der Waals surface area contributed by atoms with Gasteiger partial charge in [0.2, 0.25) is 0 Å². The Labute approximate surface area is 102 Å². The molecule has 0 aliphatic heterocycles. The summed E-state index contributed by atoms with van der Waals surface area (Å²) in [6.45, 7) is 4.86. The Morgan fingerprint density at radius 1 is 1.18 bits per heavy atom. The third-order valence-electron chi connectivity index (χ3n) is 2.69. The minimum atomic E-state index is 0.723. The summed E-state index contributed by atoms with van der Waals surface area (Å²) in [5.74, 6) is 0.901. The van der Waals surface area contributed by atoms with Crippen LogP contribution in [-0.4, -0.2) is 9.97 Å². The molecule has 3 nitrogen and oxygen atoms in total. The molecule has 0 bridgehead atoms.